The second kappa shape index (κ2) is 52.8. The van der Waals surface area contributed by atoms with Crippen molar-refractivity contribution in [1.29, 1.82) is 0 Å². The molecule has 0 aromatic heterocycles. The summed E-state index contributed by atoms with van der Waals surface area (Å²) >= 11 is 0. The van der Waals surface area contributed by atoms with E-state index in [1.54, 1.807) is 0 Å². The van der Waals surface area contributed by atoms with Crippen LogP contribution in [0.4, 0.5) is 0 Å². The molecule has 0 aliphatic carbocycles. The zero-order chi connectivity index (χ0) is 48.8. The Morgan fingerprint density at radius 2 is 0.821 bits per heavy atom. The first-order chi connectivity index (χ1) is 32.8. The van der Waals surface area contributed by atoms with Gasteiger partial charge in [0.2, 0.25) is 0 Å². The van der Waals surface area contributed by atoms with E-state index < -0.39 is 32.5 Å². The molecular weight excluding hydrogens is 858 g/mol. The van der Waals surface area contributed by atoms with Crippen molar-refractivity contribution in [1.82, 2.24) is 0 Å². The van der Waals surface area contributed by atoms with E-state index in [0.717, 1.165) is 70.6 Å². The first-order valence-corrected chi connectivity index (χ1v) is 28.9. The minimum atomic E-state index is -4.39. The van der Waals surface area contributed by atoms with Gasteiger partial charge in [0, 0.05) is 19.4 Å². The number of phosphoric acid groups is 1. The molecule has 0 rings (SSSR count). The first kappa shape index (κ1) is 64.5. The third kappa shape index (κ3) is 52.7. The number of ether oxygens (including phenoxy) is 2. The summed E-state index contributed by atoms with van der Waals surface area (Å²) in [7, 11) is -4.39. The summed E-state index contributed by atoms with van der Waals surface area (Å²) in [5, 5.41) is 0. The number of carbonyl (C=O) groups is 2. The lowest BCUT2D eigenvalue weighted by Gasteiger charge is -2.19. The van der Waals surface area contributed by atoms with Gasteiger partial charge in [-0.05, 0) is 83.5 Å². The van der Waals surface area contributed by atoms with Crippen molar-refractivity contribution in [3.8, 4) is 0 Å². The van der Waals surface area contributed by atoms with Crippen LogP contribution in [0.1, 0.15) is 245 Å². The van der Waals surface area contributed by atoms with Crippen LogP contribution in [0, 0.1) is 0 Å². The Hall–Kier alpha value is -2.55. The molecule has 10 heteroatoms. The smallest absolute Gasteiger partial charge is 0.462 e. The molecule has 9 nitrogen and oxygen atoms in total. The van der Waals surface area contributed by atoms with E-state index in [2.05, 4.69) is 86.8 Å². The lowest BCUT2D eigenvalue weighted by atomic mass is 10.0. The highest BCUT2D eigenvalue weighted by molar-refractivity contribution is 7.47. The molecule has 0 fully saturated rings. The van der Waals surface area contributed by atoms with E-state index in [4.69, 9.17) is 24.3 Å². The van der Waals surface area contributed by atoms with Crippen molar-refractivity contribution in [3.63, 3.8) is 0 Å². The lowest BCUT2D eigenvalue weighted by molar-refractivity contribution is -0.161. The number of allylic oxidation sites excluding steroid dienone is 12. The summed E-state index contributed by atoms with van der Waals surface area (Å²) in [6.07, 6.45) is 66.9. The van der Waals surface area contributed by atoms with E-state index in [1.165, 1.54) is 135 Å². The van der Waals surface area contributed by atoms with Crippen LogP contribution >= 0.6 is 7.82 Å². The number of phosphoric ester groups is 1. The quantitative estimate of drug-likeness (QED) is 0.0264. The van der Waals surface area contributed by atoms with Crippen molar-refractivity contribution < 1.29 is 37.6 Å². The zero-order valence-electron chi connectivity index (χ0n) is 43.1. The van der Waals surface area contributed by atoms with Crippen LogP contribution in [0.2, 0.25) is 0 Å². The Bertz CT molecular complexity index is 1320. The van der Waals surface area contributed by atoms with Crippen LogP contribution in [-0.2, 0) is 32.7 Å². The fraction of sp³-hybridized carbons (Fsp3) is 0.754. The second-order valence-corrected chi connectivity index (χ2v) is 19.5. The van der Waals surface area contributed by atoms with E-state index >= 15 is 0 Å². The molecule has 0 saturated carbocycles. The molecular formula is C57H102NO8P. The van der Waals surface area contributed by atoms with Gasteiger partial charge >= 0.3 is 19.8 Å². The third-order valence-electron chi connectivity index (χ3n) is 11.6. The van der Waals surface area contributed by atoms with E-state index in [1.807, 2.05) is 0 Å². The molecule has 67 heavy (non-hydrogen) atoms. The maximum atomic E-state index is 12.7. The fourth-order valence-corrected chi connectivity index (χ4v) is 8.31. The first-order valence-electron chi connectivity index (χ1n) is 27.4. The topological polar surface area (TPSA) is 134 Å². The number of carbonyl (C=O) groups excluding carboxylic acids is 2. The maximum Gasteiger partial charge on any atom is 0.472 e. The predicted molar refractivity (Wildman–Crippen MR) is 284 cm³/mol. The van der Waals surface area contributed by atoms with Gasteiger partial charge in [-0.2, -0.15) is 0 Å². The van der Waals surface area contributed by atoms with Crippen LogP contribution in [0.25, 0.3) is 0 Å². The Labute approximate surface area is 411 Å². The molecule has 2 unspecified atom stereocenters. The molecule has 0 aromatic rings. The Kier molecular flexibility index (Phi) is 50.8. The van der Waals surface area contributed by atoms with Crippen molar-refractivity contribution in [2.75, 3.05) is 26.4 Å². The monoisotopic (exact) mass is 960 g/mol. The lowest BCUT2D eigenvalue weighted by Crippen LogP contribution is -2.29. The van der Waals surface area contributed by atoms with E-state index in [-0.39, 0.29) is 32.6 Å². The highest BCUT2D eigenvalue weighted by Crippen LogP contribution is 2.43. The van der Waals surface area contributed by atoms with Gasteiger partial charge in [-0.25, -0.2) is 4.57 Å². The molecule has 0 aliphatic heterocycles. The Morgan fingerprint density at radius 3 is 1.24 bits per heavy atom. The van der Waals surface area contributed by atoms with Crippen LogP contribution in [0.5, 0.6) is 0 Å². The average molecular weight is 960 g/mol. The summed E-state index contributed by atoms with van der Waals surface area (Å²) in [6, 6.07) is 0. The van der Waals surface area contributed by atoms with Gasteiger partial charge in [-0.3, -0.25) is 18.6 Å². The molecule has 0 radical (unpaired) electrons. The molecule has 388 valence electrons. The summed E-state index contributed by atoms with van der Waals surface area (Å²) in [6.45, 7) is 3.59. The zero-order valence-corrected chi connectivity index (χ0v) is 44.0. The Morgan fingerprint density at radius 1 is 0.463 bits per heavy atom. The summed E-state index contributed by atoms with van der Waals surface area (Å²) in [4.78, 5) is 35.0. The van der Waals surface area contributed by atoms with Crippen molar-refractivity contribution in [2.24, 2.45) is 5.73 Å². The second-order valence-electron chi connectivity index (χ2n) is 18.1. The van der Waals surface area contributed by atoms with Crippen LogP contribution in [0.15, 0.2) is 72.9 Å². The van der Waals surface area contributed by atoms with Gasteiger partial charge in [0.15, 0.2) is 6.10 Å². The van der Waals surface area contributed by atoms with Gasteiger partial charge < -0.3 is 20.1 Å². The SMILES string of the molecule is CC/C=C\C/C=C\C/C=C\CCCCCC(=O)OCC(COP(=O)(O)OCCN)OC(=O)CCCCCCCCCCCCCCCCCCCC/C=C\C/C=C\C/C=C\CCCCCCC. The molecule has 3 N–H and O–H groups in total. The van der Waals surface area contributed by atoms with Gasteiger partial charge in [0.05, 0.1) is 13.2 Å². The van der Waals surface area contributed by atoms with Crippen molar-refractivity contribution in [3.05, 3.63) is 72.9 Å². The molecule has 0 heterocycles. The van der Waals surface area contributed by atoms with Crippen LogP contribution in [0.3, 0.4) is 0 Å². The Balaban J connectivity index is 3.89. The molecule has 0 aliphatic rings. The van der Waals surface area contributed by atoms with Gasteiger partial charge in [0.25, 0.3) is 0 Å². The molecule has 0 aromatic carbocycles. The number of nitrogens with two attached hydrogens (primary N) is 1. The minimum absolute atomic E-state index is 0.0474. The van der Waals surface area contributed by atoms with E-state index in [0.29, 0.717) is 12.8 Å². The van der Waals surface area contributed by atoms with Gasteiger partial charge in [-0.1, -0.05) is 222 Å². The minimum Gasteiger partial charge on any atom is -0.462 e. The molecule has 0 spiro atoms. The van der Waals surface area contributed by atoms with Gasteiger partial charge in [-0.15, -0.1) is 0 Å². The highest BCUT2D eigenvalue weighted by atomic mass is 31.2. The number of hydrogen-bond donors (Lipinski definition) is 2. The number of esters is 2. The molecule has 0 bridgehead atoms. The predicted octanol–water partition coefficient (Wildman–Crippen LogP) is 17.0. The maximum absolute atomic E-state index is 12.7. The normalized spacial score (nSPS) is 13.7. The molecule has 0 saturated heterocycles. The third-order valence-corrected chi connectivity index (χ3v) is 12.6. The van der Waals surface area contributed by atoms with Crippen molar-refractivity contribution >= 4 is 19.8 Å². The van der Waals surface area contributed by atoms with Gasteiger partial charge in [0.1, 0.15) is 6.61 Å². The fourth-order valence-electron chi connectivity index (χ4n) is 7.54. The van der Waals surface area contributed by atoms with E-state index in [9.17, 15) is 19.0 Å². The number of unbranched alkanes of at least 4 members (excludes halogenated alkanes) is 26. The summed E-state index contributed by atoms with van der Waals surface area (Å²) in [5.74, 6) is -0.860. The standard InChI is InChI=1S/C57H102NO8P/c1-3-5-7-9-11-13-15-17-18-19-20-21-22-23-24-25-26-27-28-29-30-31-32-33-34-35-36-38-40-42-44-46-48-50-57(60)66-55(54-65-67(61,62)64-52-51-58)53-63-56(59)49-47-45-43-41-39-37-16-14-12-10-8-6-4-2/h6,8,12,14-15,17,19-20,22-23,37,39,55H,3-5,7,9-11,13,16,18,21,24-36,38,40-54,58H2,1-2H3,(H,61,62)/b8-6-,14-12-,17-15-,20-19-,23-22-,39-37-. The molecule has 0 amide bonds. The number of rotatable bonds is 51. The van der Waals surface area contributed by atoms with Crippen molar-refractivity contribution in [2.45, 2.75) is 251 Å². The summed E-state index contributed by atoms with van der Waals surface area (Å²) in [5.41, 5.74) is 5.36. The molecule has 2 atom stereocenters. The highest BCUT2D eigenvalue weighted by Gasteiger charge is 2.26. The van der Waals surface area contributed by atoms with Crippen LogP contribution < -0.4 is 5.73 Å². The number of hydrogen-bond acceptors (Lipinski definition) is 8. The average Bonchev–Trinajstić information content (AvgIpc) is 3.32. The largest absolute Gasteiger partial charge is 0.472 e. The van der Waals surface area contributed by atoms with Crippen LogP contribution in [-0.4, -0.2) is 49.3 Å². The summed E-state index contributed by atoms with van der Waals surface area (Å²) < 4.78 is 32.9.